The number of halogens is 1. The molecule has 1 unspecified atom stereocenters. The fourth-order valence-electron chi connectivity index (χ4n) is 1.68. The summed E-state index contributed by atoms with van der Waals surface area (Å²) in [5.41, 5.74) is 1.45. The van der Waals surface area contributed by atoms with Crippen molar-refractivity contribution in [3.05, 3.63) is 58.9 Å². The van der Waals surface area contributed by atoms with E-state index in [-0.39, 0.29) is 6.42 Å². The Balaban J connectivity index is 2.10. The SMILES string of the molecule is O=C(O)Cc1ccc(S(=O)Cc2ccncc2Cl)cc1. The Bertz CT molecular complexity index is 643. The fourth-order valence-corrected chi connectivity index (χ4v) is 3.09. The molecule has 0 radical (unpaired) electrons. The molecule has 1 aromatic heterocycles. The number of pyridine rings is 1. The van der Waals surface area contributed by atoms with Crippen LogP contribution in [-0.4, -0.2) is 20.3 Å². The minimum Gasteiger partial charge on any atom is -0.481 e. The monoisotopic (exact) mass is 309 g/mol. The normalized spacial score (nSPS) is 12.1. The molecule has 0 saturated carbocycles. The summed E-state index contributed by atoms with van der Waals surface area (Å²) in [7, 11) is -1.23. The largest absolute Gasteiger partial charge is 0.481 e. The summed E-state index contributed by atoms with van der Waals surface area (Å²) in [6.45, 7) is 0. The van der Waals surface area contributed by atoms with Crippen molar-refractivity contribution in [2.24, 2.45) is 0 Å². The van der Waals surface area contributed by atoms with Gasteiger partial charge in [0.05, 0.1) is 28.0 Å². The summed E-state index contributed by atoms with van der Waals surface area (Å²) in [5.74, 6) is -0.581. The standard InChI is InChI=1S/C14H12ClNO3S/c15-13-8-16-6-5-11(13)9-20(19)12-3-1-10(2-4-12)7-14(17)18/h1-6,8H,7,9H2,(H,17,18). The highest BCUT2D eigenvalue weighted by atomic mass is 35.5. The number of aromatic nitrogens is 1. The molecule has 20 heavy (non-hydrogen) atoms. The third-order valence-electron chi connectivity index (χ3n) is 2.68. The number of carbonyl (C=O) groups is 1. The summed E-state index contributed by atoms with van der Waals surface area (Å²) in [5, 5.41) is 9.18. The molecule has 4 nitrogen and oxygen atoms in total. The first-order valence-corrected chi connectivity index (χ1v) is 7.53. The van der Waals surface area contributed by atoms with Gasteiger partial charge in [-0.1, -0.05) is 23.7 Å². The van der Waals surface area contributed by atoms with Crippen LogP contribution < -0.4 is 0 Å². The number of carboxylic acids is 1. The topological polar surface area (TPSA) is 67.3 Å². The number of aliphatic carboxylic acids is 1. The van der Waals surface area contributed by atoms with Crippen LogP contribution in [0.1, 0.15) is 11.1 Å². The van der Waals surface area contributed by atoms with Crippen LogP contribution in [0, 0.1) is 0 Å². The molecule has 1 aromatic carbocycles. The second-order valence-electron chi connectivity index (χ2n) is 4.17. The molecule has 0 spiro atoms. The number of hydrogen-bond donors (Lipinski definition) is 1. The van der Waals surface area contributed by atoms with Crippen LogP contribution in [0.3, 0.4) is 0 Å². The second kappa shape index (κ2) is 6.63. The molecule has 0 aliphatic rings. The van der Waals surface area contributed by atoms with Crippen LogP contribution in [0.2, 0.25) is 5.02 Å². The second-order valence-corrected chi connectivity index (χ2v) is 6.03. The van der Waals surface area contributed by atoms with Gasteiger partial charge in [-0.25, -0.2) is 0 Å². The Labute approximate surface area is 123 Å². The first kappa shape index (κ1) is 14.7. The Morgan fingerprint density at radius 1 is 1.25 bits per heavy atom. The number of benzene rings is 1. The Kier molecular flexibility index (Phi) is 4.87. The maximum atomic E-state index is 12.2. The van der Waals surface area contributed by atoms with Crippen LogP contribution in [0.25, 0.3) is 0 Å². The Morgan fingerprint density at radius 3 is 2.55 bits per heavy atom. The van der Waals surface area contributed by atoms with Gasteiger partial charge in [0.2, 0.25) is 0 Å². The van der Waals surface area contributed by atoms with E-state index >= 15 is 0 Å². The van der Waals surface area contributed by atoms with E-state index in [1.54, 1.807) is 36.5 Å². The highest BCUT2D eigenvalue weighted by Gasteiger charge is 2.09. The summed E-state index contributed by atoms with van der Waals surface area (Å²) in [6, 6.07) is 8.46. The van der Waals surface area contributed by atoms with E-state index in [1.165, 1.54) is 6.20 Å². The maximum absolute atomic E-state index is 12.2. The molecule has 0 fully saturated rings. The third kappa shape index (κ3) is 3.88. The van der Waals surface area contributed by atoms with Crippen molar-refractivity contribution in [3.8, 4) is 0 Å². The van der Waals surface area contributed by atoms with Gasteiger partial charge in [-0.15, -0.1) is 0 Å². The molecule has 6 heteroatoms. The van der Waals surface area contributed by atoms with Crippen molar-refractivity contribution in [1.29, 1.82) is 0 Å². The van der Waals surface area contributed by atoms with E-state index in [0.717, 1.165) is 5.56 Å². The van der Waals surface area contributed by atoms with E-state index in [2.05, 4.69) is 4.98 Å². The predicted molar refractivity (Wildman–Crippen MR) is 77.1 cm³/mol. The van der Waals surface area contributed by atoms with Crippen molar-refractivity contribution in [3.63, 3.8) is 0 Å². The molecule has 1 N–H and O–H groups in total. The molecular weight excluding hydrogens is 298 g/mol. The van der Waals surface area contributed by atoms with Crippen LogP contribution in [0.15, 0.2) is 47.6 Å². The highest BCUT2D eigenvalue weighted by molar-refractivity contribution is 7.84. The fraction of sp³-hybridized carbons (Fsp3) is 0.143. The van der Waals surface area contributed by atoms with E-state index in [0.29, 0.717) is 21.2 Å². The molecule has 104 valence electrons. The van der Waals surface area contributed by atoms with Gasteiger partial charge < -0.3 is 5.11 Å². The Hall–Kier alpha value is -1.72. The van der Waals surface area contributed by atoms with Gasteiger partial charge in [-0.05, 0) is 29.3 Å². The lowest BCUT2D eigenvalue weighted by Gasteiger charge is -2.05. The zero-order chi connectivity index (χ0) is 14.5. The van der Waals surface area contributed by atoms with Gasteiger partial charge in [0.15, 0.2) is 0 Å². The molecule has 2 aromatic rings. The average Bonchev–Trinajstić information content (AvgIpc) is 2.41. The van der Waals surface area contributed by atoms with Gasteiger partial charge in [0, 0.05) is 17.3 Å². The lowest BCUT2D eigenvalue weighted by atomic mass is 10.2. The first-order chi connectivity index (χ1) is 9.56. The molecule has 2 rings (SSSR count). The van der Waals surface area contributed by atoms with Crippen molar-refractivity contribution >= 4 is 28.4 Å². The molecule has 0 bridgehead atoms. The first-order valence-electron chi connectivity index (χ1n) is 5.84. The van der Waals surface area contributed by atoms with Crippen molar-refractivity contribution < 1.29 is 14.1 Å². The van der Waals surface area contributed by atoms with E-state index in [1.807, 2.05) is 0 Å². The van der Waals surface area contributed by atoms with Gasteiger partial charge >= 0.3 is 5.97 Å². The molecule has 1 atom stereocenters. The van der Waals surface area contributed by atoms with Gasteiger partial charge in [-0.2, -0.15) is 0 Å². The van der Waals surface area contributed by atoms with Crippen molar-refractivity contribution in [2.45, 2.75) is 17.1 Å². The number of hydrogen-bond acceptors (Lipinski definition) is 3. The average molecular weight is 310 g/mol. The van der Waals surface area contributed by atoms with E-state index < -0.39 is 16.8 Å². The zero-order valence-corrected chi connectivity index (χ0v) is 12.0. The number of carboxylic acid groups (broad SMARTS) is 1. The van der Waals surface area contributed by atoms with Crippen LogP contribution >= 0.6 is 11.6 Å². The predicted octanol–water partition coefficient (Wildman–Crippen LogP) is 2.67. The van der Waals surface area contributed by atoms with Gasteiger partial charge in [0.1, 0.15) is 0 Å². The molecule has 0 aliphatic carbocycles. The van der Waals surface area contributed by atoms with Crippen LogP contribution in [0.5, 0.6) is 0 Å². The molecule has 0 saturated heterocycles. The Morgan fingerprint density at radius 2 is 1.95 bits per heavy atom. The molecule has 0 amide bonds. The summed E-state index contributed by atoms with van der Waals surface area (Å²) in [4.78, 5) is 15.1. The minimum atomic E-state index is -1.23. The lowest BCUT2D eigenvalue weighted by Crippen LogP contribution is -2.01. The van der Waals surface area contributed by atoms with Crippen molar-refractivity contribution in [1.82, 2.24) is 4.98 Å². The van der Waals surface area contributed by atoms with Gasteiger partial charge in [-0.3, -0.25) is 14.0 Å². The third-order valence-corrected chi connectivity index (χ3v) is 4.40. The smallest absolute Gasteiger partial charge is 0.307 e. The van der Waals surface area contributed by atoms with Crippen LogP contribution in [-0.2, 0) is 27.8 Å². The number of rotatable bonds is 5. The highest BCUT2D eigenvalue weighted by Crippen LogP contribution is 2.19. The number of nitrogens with zero attached hydrogens (tertiary/aromatic N) is 1. The van der Waals surface area contributed by atoms with E-state index in [4.69, 9.17) is 16.7 Å². The maximum Gasteiger partial charge on any atom is 0.307 e. The summed E-state index contributed by atoms with van der Waals surface area (Å²) >= 11 is 5.98. The molecule has 0 aliphatic heterocycles. The summed E-state index contributed by atoms with van der Waals surface area (Å²) in [6.07, 6.45) is 3.08. The molecule has 1 heterocycles. The zero-order valence-electron chi connectivity index (χ0n) is 10.5. The quantitative estimate of drug-likeness (QED) is 0.922. The minimum absolute atomic E-state index is 0.0386. The van der Waals surface area contributed by atoms with Crippen LogP contribution in [0.4, 0.5) is 0 Å². The summed E-state index contributed by atoms with van der Waals surface area (Å²) < 4.78 is 12.2. The van der Waals surface area contributed by atoms with Gasteiger partial charge in [0.25, 0.3) is 0 Å². The van der Waals surface area contributed by atoms with Crippen molar-refractivity contribution in [2.75, 3.05) is 0 Å². The lowest BCUT2D eigenvalue weighted by molar-refractivity contribution is -0.136. The molecular formula is C14H12ClNO3S. The van der Waals surface area contributed by atoms with E-state index in [9.17, 15) is 9.00 Å².